The van der Waals surface area contributed by atoms with E-state index in [1.807, 2.05) is 6.92 Å². The van der Waals surface area contributed by atoms with Crippen LogP contribution in [-0.2, 0) is 11.2 Å². The first-order valence-electron chi connectivity index (χ1n) is 5.54. The molecule has 0 radical (unpaired) electrons. The van der Waals surface area contributed by atoms with Crippen molar-refractivity contribution in [2.75, 3.05) is 0 Å². The zero-order valence-electron chi connectivity index (χ0n) is 9.96. The standard InChI is InChI=1S/C14H13NO3/c1-10-9-15-6-5-13(10)18-12-4-2-3-11(7-12)8-14(16)17/h2-7,9H,8H2,1H3,(H,16,17). The number of carbonyl (C=O) groups is 1. The molecule has 1 aromatic heterocycles. The summed E-state index contributed by atoms with van der Waals surface area (Å²) in [5.74, 6) is 0.493. The smallest absolute Gasteiger partial charge is 0.307 e. The molecule has 0 bridgehead atoms. The number of nitrogens with zero attached hydrogens (tertiary/aromatic N) is 1. The Labute approximate surface area is 105 Å². The second-order valence-corrected chi connectivity index (χ2v) is 3.96. The van der Waals surface area contributed by atoms with Crippen LogP contribution in [0.3, 0.4) is 0 Å². The number of hydrogen-bond acceptors (Lipinski definition) is 3. The molecule has 0 aliphatic carbocycles. The summed E-state index contributed by atoms with van der Waals surface area (Å²) in [5, 5.41) is 8.74. The average molecular weight is 243 g/mol. The minimum atomic E-state index is -0.854. The van der Waals surface area contributed by atoms with E-state index in [1.54, 1.807) is 42.7 Å². The average Bonchev–Trinajstić information content (AvgIpc) is 2.32. The monoisotopic (exact) mass is 243 g/mol. The number of benzene rings is 1. The summed E-state index contributed by atoms with van der Waals surface area (Å²) in [4.78, 5) is 14.6. The third-order valence-electron chi connectivity index (χ3n) is 2.45. The van der Waals surface area contributed by atoms with E-state index in [9.17, 15) is 4.79 Å². The van der Waals surface area contributed by atoms with Crippen molar-refractivity contribution in [3.8, 4) is 11.5 Å². The number of ether oxygens (including phenoxy) is 1. The van der Waals surface area contributed by atoms with E-state index >= 15 is 0 Å². The summed E-state index contributed by atoms with van der Waals surface area (Å²) in [5.41, 5.74) is 1.65. The van der Waals surface area contributed by atoms with Gasteiger partial charge < -0.3 is 9.84 Å². The number of carboxylic acids is 1. The second kappa shape index (κ2) is 5.31. The van der Waals surface area contributed by atoms with Crippen LogP contribution in [0.5, 0.6) is 11.5 Å². The van der Waals surface area contributed by atoms with Gasteiger partial charge in [-0.1, -0.05) is 12.1 Å². The van der Waals surface area contributed by atoms with Crippen molar-refractivity contribution in [2.24, 2.45) is 0 Å². The molecule has 92 valence electrons. The van der Waals surface area contributed by atoms with Crippen LogP contribution >= 0.6 is 0 Å². The van der Waals surface area contributed by atoms with E-state index in [-0.39, 0.29) is 6.42 Å². The van der Waals surface area contributed by atoms with Crippen LogP contribution in [0, 0.1) is 6.92 Å². The molecule has 1 heterocycles. The SMILES string of the molecule is Cc1cnccc1Oc1cccc(CC(=O)O)c1. The Hall–Kier alpha value is -2.36. The molecule has 0 spiro atoms. The number of rotatable bonds is 4. The highest BCUT2D eigenvalue weighted by molar-refractivity contribution is 5.70. The number of pyridine rings is 1. The molecule has 1 N–H and O–H groups in total. The summed E-state index contributed by atoms with van der Waals surface area (Å²) < 4.78 is 5.70. The molecule has 4 heteroatoms. The van der Waals surface area contributed by atoms with Crippen LogP contribution in [0.4, 0.5) is 0 Å². The van der Waals surface area contributed by atoms with E-state index in [2.05, 4.69) is 4.98 Å². The number of aryl methyl sites for hydroxylation is 1. The van der Waals surface area contributed by atoms with E-state index in [4.69, 9.17) is 9.84 Å². The van der Waals surface area contributed by atoms with Gasteiger partial charge in [0.05, 0.1) is 6.42 Å². The maximum Gasteiger partial charge on any atom is 0.307 e. The lowest BCUT2D eigenvalue weighted by Gasteiger charge is -2.08. The predicted molar refractivity (Wildman–Crippen MR) is 66.8 cm³/mol. The maximum atomic E-state index is 10.6. The van der Waals surface area contributed by atoms with Gasteiger partial charge in [0, 0.05) is 18.0 Å². The Kier molecular flexibility index (Phi) is 3.57. The van der Waals surface area contributed by atoms with Gasteiger partial charge in [-0.25, -0.2) is 0 Å². The molecule has 2 rings (SSSR count). The lowest BCUT2D eigenvalue weighted by molar-refractivity contribution is -0.136. The van der Waals surface area contributed by atoms with Gasteiger partial charge in [0.15, 0.2) is 0 Å². The van der Waals surface area contributed by atoms with Crippen molar-refractivity contribution in [3.05, 3.63) is 53.9 Å². The van der Waals surface area contributed by atoms with Gasteiger partial charge in [-0.3, -0.25) is 9.78 Å². The quantitative estimate of drug-likeness (QED) is 0.897. The van der Waals surface area contributed by atoms with Crippen molar-refractivity contribution >= 4 is 5.97 Å². The molecule has 0 amide bonds. The number of aromatic nitrogens is 1. The number of aliphatic carboxylic acids is 1. The molecule has 2 aromatic rings. The van der Waals surface area contributed by atoms with E-state index in [1.165, 1.54) is 0 Å². The van der Waals surface area contributed by atoms with E-state index in [0.717, 1.165) is 11.3 Å². The predicted octanol–water partition coefficient (Wildman–Crippen LogP) is 2.81. The first-order chi connectivity index (χ1) is 8.65. The molecule has 0 aliphatic rings. The van der Waals surface area contributed by atoms with Crippen LogP contribution in [-0.4, -0.2) is 16.1 Å². The highest BCUT2D eigenvalue weighted by atomic mass is 16.5. The second-order valence-electron chi connectivity index (χ2n) is 3.96. The van der Waals surface area contributed by atoms with Gasteiger partial charge in [-0.05, 0) is 30.7 Å². The molecule has 4 nitrogen and oxygen atoms in total. The minimum absolute atomic E-state index is 0.00741. The van der Waals surface area contributed by atoms with Crippen LogP contribution in [0.15, 0.2) is 42.7 Å². The fourth-order valence-corrected chi connectivity index (χ4v) is 1.60. The molecule has 0 saturated carbocycles. The first kappa shape index (κ1) is 12.1. The Morgan fingerprint density at radius 3 is 2.94 bits per heavy atom. The fraction of sp³-hybridized carbons (Fsp3) is 0.143. The summed E-state index contributed by atoms with van der Waals surface area (Å²) in [6.45, 7) is 1.91. The molecule has 0 fully saturated rings. The van der Waals surface area contributed by atoms with Crippen molar-refractivity contribution in [1.82, 2.24) is 4.98 Å². The van der Waals surface area contributed by atoms with Gasteiger partial charge in [0.25, 0.3) is 0 Å². The molecular weight excluding hydrogens is 230 g/mol. The summed E-state index contributed by atoms with van der Waals surface area (Å²) in [7, 11) is 0. The van der Waals surface area contributed by atoms with Crippen molar-refractivity contribution in [1.29, 1.82) is 0 Å². The largest absolute Gasteiger partial charge is 0.481 e. The maximum absolute atomic E-state index is 10.6. The summed E-state index contributed by atoms with van der Waals surface area (Å²) in [6, 6.07) is 8.85. The summed E-state index contributed by atoms with van der Waals surface area (Å²) in [6.07, 6.45) is 3.37. The molecule has 1 aromatic carbocycles. The Morgan fingerprint density at radius 1 is 1.39 bits per heavy atom. The fourth-order valence-electron chi connectivity index (χ4n) is 1.60. The summed E-state index contributed by atoms with van der Waals surface area (Å²) >= 11 is 0. The van der Waals surface area contributed by atoms with Crippen molar-refractivity contribution in [3.63, 3.8) is 0 Å². The van der Waals surface area contributed by atoms with Crippen molar-refractivity contribution in [2.45, 2.75) is 13.3 Å². The Balaban J connectivity index is 2.19. The lowest BCUT2D eigenvalue weighted by atomic mass is 10.1. The van der Waals surface area contributed by atoms with Gasteiger partial charge in [-0.2, -0.15) is 0 Å². The van der Waals surface area contributed by atoms with Gasteiger partial charge in [0.1, 0.15) is 11.5 Å². The van der Waals surface area contributed by atoms with Gasteiger partial charge in [0.2, 0.25) is 0 Å². The van der Waals surface area contributed by atoms with Crippen LogP contribution in [0.1, 0.15) is 11.1 Å². The van der Waals surface area contributed by atoms with E-state index in [0.29, 0.717) is 11.3 Å². The van der Waals surface area contributed by atoms with E-state index < -0.39 is 5.97 Å². The number of carboxylic acid groups (broad SMARTS) is 1. The van der Waals surface area contributed by atoms with Crippen LogP contribution in [0.25, 0.3) is 0 Å². The van der Waals surface area contributed by atoms with Gasteiger partial charge in [-0.15, -0.1) is 0 Å². The Bertz CT molecular complexity index is 566. The lowest BCUT2D eigenvalue weighted by Crippen LogP contribution is -2.00. The van der Waals surface area contributed by atoms with Crippen LogP contribution in [0.2, 0.25) is 0 Å². The molecular formula is C14H13NO3. The molecule has 0 saturated heterocycles. The molecule has 0 aliphatic heterocycles. The van der Waals surface area contributed by atoms with Gasteiger partial charge >= 0.3 is 5.97 Å². The number of hydrogen-bond donors (Lipinski definition) is 1. The molecule has 0 unspecified atom stereocenters. The van der Waals surface area contributed by atoms with Crippen molar-refractivity contribution < 1.29 is 14.6 Å². The topological polar surface area (TPSA) is 59.4 Å². The third-order valence-corrected chi connectivity index (χ3v) is 2.45. The normalized spacial score (nSPS) is 10.1. The molecule has 0 atom stereocenters. The zero-order valence-corrected chi connectivity index (χ0v) is 9.96. The third kappa shape index (κ3) is 3.07. The first-order valence-corrected chi connectivity index (χ1v) is 5.54. The highest BCUT2D eigenvalue weighted by Gasteiger charge is 2.04. The zero-order chi connectivity index (χ0) is 13.0. The molecule has 18 heavy (non-hydrogen) atoms. The van der Waals surface area contributed by atoms with Crippen LogP contribution < -0.4 is 4.74 Å². The Morgan fingerprint density at radius 2 is 2.22 bits per heavy atom. The highest BCUT2D eigenvalue weighted by Crippen LogP contribution is 2.24. The minimum Gasteiger partial charge on any atom is -0.481 e.